The Morgan fingerprint density at radius 3 is 2.50 bits per heavy atom. The highest BCUT2D eigenvalue weighted by atomic mass is 32.3. The predicted octanol–water partition coefficient (Wildman–Crippen LogP) is 0.471. The Kier molecular flexibility index (Phi) is 9.10. The normalized spacial score (nSPS) is 12.5. The monoisotopic (exact) mass is 307 g/mol. The number of hydrogen-bond donors (Lipinski definition) is 3. The van der Waals surface area contributed by atoms with Crippen molar-refractivity contribution in [2.75, 3.05) is 26.3 Å². The van der Waals surface area contributed by atoms with Gasteiger partial charge in [-0.1, -0.05) is 25.6 Å². The molecule has 0 saturated heterocycles. The topological polar surface area (TPSA) is 105 Å². The van der Waals surface area contributed by atoms with Crippen LogP contribution in [0.15, 0.2) is 30.3 Å². The summed E-state index contributed by atoms with van der Waals surface area (Å²) in [5.74, 6) is 0.663. The van der Waals surface area contributed by atoms with Crippen molar-refractivity contribution in [1.29, 1.82) is 0 Å². The maximum absolute atomic E-state index is 10.2. The Morgan fingerprint density at radius 2 is 1.90 bits per heavy atom. The van der Waals surface area contributed by atoms with Crippen LogP contribution in [-0.4, -0.2) is 50.5 Å². The second-order valence-electron chi connectivity index (χ2n) is 3.73. The van der Waals surface area contributed by atoms with E-state index in [9.17, 15) is 13.5 Å². The summed E-state index contributed by atoms with van der Waals surface area (Å²) in [6, 6.07) is 9.07. The third-order valence-corrected chi connectivity index (χ3v) is 2.54. The molecule has 1 aromatic rings. The molecule has 8 heteroatoms. The number of nitrogens with one attached hydrogen (secondary N) is 1. The lowest BCUT2D eigenvalue weighted by Crippen LogP contribution is -2.33. The molecule has 116 valence electrons. The molecule has 0 heterocycles. The van der Waals surface area contributed by atoms with Crippen molar-refractivity contribution in [2.24, 2.45) is 0 Å². The molecule has 0 aliphatic rings. The third kappa shape index (κ3) is 9.70. The lowest BCUT2D eigenvalue weighted by atomic mass is 10.3. The van der Waals surface area contributed by atoms with Gasteiger partial charge < -0.3 is 15.2 Å². The number of aliphatic hydroxyl groups is 1. The van der Waals surface area contributed by atoms with Gasteiger partial charge in [0.15, 0.2) is 0 Å². The predicted molar refractivity (Wildman–Crippen MR) is 75.0 cm³/mol. The van der Waals surface area contributed by atoms with Crippen LogP contribution in [0, 0.1) is 0 Å². The van der Waals surface area contributed by atoms with E-state index >= 15 is 0 Å². The molecule has 0 amide bonds. The van der Waals surface area contributed by atoms with E-state index in [1.807, 2.05) is 18.2 Å². The molecule has 20 heavy (non-hydrogen) atoms. The van der Waals surface area contributed by atoms with Crippen molar-refractivity contribution in [3.8, 4) is 5.75 Å². The van der Waals surface area contributed by atoms with Crippen LogP contribution in [0.1, 0.15) is 7.43 Å². The summed E-state index contributed by atoms with van der Waals surface area (Å²) in [4.78, 5) is 0. The first-order valence-electron chi connectivity index (χ1n) is 5.66. The zero-order valence-corrected chi connectivity index (χ0v) is 11.0. The summed E-state index contributed by atoms with van der Waals surface area (Å²) >= 11 is 0. The SMILES string of the molecule is C.O=S(=O)(O)OCCNCC(O)COc1ccccc1. The zero-order chi connectivity index (χ0) is 14.1. The molecule has 0 aliphatic heterocycles. The van der Waals surface area contributed by atoms with Gasteiger partial charge in [-0.3, -0.25) is 4.55 Å². The molecule has 0 fully saturated rings. The van der Waals surface area contributed by atoms with Gasteiger partial charge in [0.1, 0.15) is 18.5 Å². The highest BCUT2D eigenvalue weighted by Gasteiger charge is 2.06. The van der Waals surface area contributed by atoms with E-state index in [0.29, 0.717) is 5.75 Å². The van der Waals surface area contributed by atoms with Gasteiger partial charge in [-0.25, -0.2) is 4.18 Å². The van der Waals surface area contributed by atoms with Gasteiger partial charge in [-0.2, -0.15) is 8.42 Å². The Balaban J connectivity index is 0.00000361. The van der Waals surface area contributed by atoms with E-state index in [4.69, 9.17) is 9.29 Å². The minimum Gasteiger partial charge on any atom is -0.491 e. The Labute approximate surface area is 119 Å². The first-order valence-corrected chi connectivity index (χ1v) is 7.02. The Bertz CT molecular complexity index is 450. The minimum atomic E-state index is -4.40. The summed E-state index contributed by atoms with van der Waals surface area (Å²) in [7, 11) is -4.40. The van der Waals surface area contributed by atoms with E-state index < -0.39 is 16.5 Å². The van der Waals surface area contributed by atoms with Crippen LogP contribution in [0.2, 0.25) is 0 Å². The largest absolute Gasteiger partial charge is 0.491 e. The number of benzene rings is 1. The van der Waals surface area contributed by atoms with E-state index in [0.717, 1.165) is 0 Å². The van der Waals surface area contributed by atoms with Crippen LogP contribution >= 0.6 is 0 Å². The lowest BCUT2D eigenvalue weighted by Gasteiger charge is -2.13. The molecular weight excluding hydrogens is 286 g/mol. The molecule has 1 rings (SSSR count). The Morgan fingerprint density at radius 1 is 1.25 bits per heavy atom. The molecule has 0 radical (unpaired) electrons. The van der Waals surface area contributed by atoms with Crippen LogP contribution < -0.4 is 10.1 Å². The van der Waals surface area contributed by atoms with E-state index in [-0.39, 0.29) is 33.7 Å². The molecule has 0 spiro atoms. The van der Waals surface area contributed by atoms with Crippen molar-refractivity contribution >= 4 is 10.4 Å². The maximum Gasteiger partial charge on any atom is 0.397 e. The minimum absolute atomic E-state index is 0. The molecule has 0 aliphatic carbocycles. The molecule has 7 nitrogen and oxygen atoms in total. The number of rotatable bonds is 9. The van der Waals surface area contributed by atoms with Crippen molar-refractivity contribution < 1.29 is 27.0 Å². The standard InChI is InChI=1S/C11H17NO6S.CH4/c13-10(8-12-6-7-18-19(14,15)16)9-17-11-4-2-1-3-5-11;/h1-5,10,12-13H,6-9H2,(H,14,15,16);1H4. The first kappa shape index (κ1) is 18.8. The number of ether oxygens (including phenoxy) is 1. The van der Waals surface area contributed by atoms with Gasteiger partial charge >= 0.3 is 10.4 Å². The zero-order valence-electron chi connectivity index (χ0n) is 10.2. The van der Waals surface area contributed by atoms with Crippen LogP contribution in [0.4, 0.5) is 0 Å². The van der Waals surface area contributed by atoms with Gasteiger partial charge in [-0.05, 0) is 12.1 Å². The fraction of sp³-hybridized carbons (Fsp3) is 0.500. The average Bonchev–Trinajstić information content (AvgIpc) is 2.36. The fourth-order valence-corrected chi connectivity index (χ4v) is 1.55. The fourth-order valence-electron chi connectivity index (χ4n) is 1.26. The van der Waals surface area contributed by atoms with Crippen LogP contribution in [0.5, 0.6) is 5.75 Å². The van der Waals surface area contributed by atoms with Crippen molar-refractivity contribution in [3.63, 3.8) is 0 Å². The summed E-state index contributed by atoms with van der Waals surface area (Å²) in [6.07, 6.45) is -0.731. The highest BCUT2D eigenvalue weighted by molar-refractivity contribution is 7.80. The first-order chi connectivity index (χ1) is 8.97. The summed E-state index contributed by atoms with van der Waals surface area (Å²) < 4.78 is 38.2. The third-order valence-electron chi connectivity index (χ3n) is 2.08. The average molecular weight is 307 g/mol. The molecule has 0 bridgehead atoms. The van der Waals surface area contributed by atoms with E-state index in [1.165, 1.54) is 0 Å². The number of para-hydroxylation sites is 1. The molecule has 1 aromatic carbocycles. The van der Waals surface area contributed by atoms with E-state index in [1.54, 1.807) is 12.1 Å². The summed E-state index contributed by atoms with van der Waals surface area (Å²) in [5, 5.41) is 12.3. The second-order valence-corrected chi connectivity index (χ2v) is 4.82. The summed E-state index contributed by atoms with van der Waals surface area (Å²) in [5.41, 5.74) is 0. The maximum atomic E-state index is 10.2. The summed E-state index contributed by atoms with van der Waals surface area (Å²) in [6.45, 7) is 0.325. The molecule has 3 N–H and O–H groups in total. The highest BCUT2D eigenvalue weighted by Crippen LogP contribution is 2.08. The molecule has 1 atom stereocenters. The van der Waals surface area contributed by atoms with Gasteiger partial charge in [0.25, 0.3) is 0 Å². The molecular formula is C12H21NO6S. The van der Waals surface area contributed by atoms with Gasteiger partial charge in [0.2, 0.25) is 0 Å². The van der Waals surface area contributed by atoms with Crippen molar-refractivity contribution in [2.45, 2.75) is 13.5 Å². The van der Waals surface area contributed by atoms with Crippen molar-refractivity contribution in [3.05, 3.63) is 30.3 Å². The van der Waals surface area contributed by atoms with Gasteiger partial charge in [-0.15, -0.1) is 0 Å². The van der Waals surface area contributed by atoms with Crippen LogP contribution in [-0.2, 0) is 14.6 Å². The van der Waals surface area contributed by atoms with E-state index in [2.05, 4.69) is 9.50 Å². The smallest absolute Gasteiger partial charge is 0.397 e. The number of hydrogen-bond acceptors (Lipinski definition) is 6. The number of aliphatic hydroxyl groups excluding tert-OH is 1. The van der Waals surface area contributed by atoms with Crippen LogP contribution in [0.3, 0.4) is 0 Å². The molecule has 1 unspecified atom stereocenters. The van der Waals surface area contributed by atoms with Crippen molar-refractivity contribution in [1.82, 2.24) is 5.32 Å². The van der Waals surface area contributed by atoms with Gasteiger partial charge in [0, 0.05) is 13.1 Å². The van der Waals surface area contributed by atoms with Crippen LogP contribution in [0.25, 0.3) is 0 Å². The second kappa shape index (κ2) is 9.67. The lowest BCUT2D eigenvalue weighted by molar-refractivity contribution is 0.105. The quantitative estimate of drug-likeness (QED) is 0.450. The van der Waals surface area contributed by atoms with Gasteiger partial charge in [0.05, 0.1) is 6.61 Å². The Hall–Kier alpha value is -1.19. The molecule has 0 aromatic heterocycles. The molecule has 0 saturated carbocycles.